The van der Waals surface area contributed by atoms with Gasteiger partial charge in [-0.1, -0.05) is 0 Å². The topological polar surface area (TPSA) is 62.7 Å². The molecule has 0 bridgehead atoms. The van der Waals surface area contributed by atoms with Crippen LogP contribution in [0.25, 0.3) is 0 Å². The lowest BCUT2D eigenvalue weighted by Crippen LogP contribution is -2.37. The van der Waals surface area contributed by atoms with Crippen LogP contribution in [0.15, 0.2) is 53.9 Å². The first-order valence-corrected chi connectivity index (χ1v) is 10.7. The van der Waals surface area contributed by atoms with Crippen molar-refractivity contribution in [3.63, 3.8) is 0 Å². The molecule has 6 nitrogen and oxygen atoms in total. The summed E-state index contributed by atoms with van der Waals surface area (Å²) >= 11 is 1.51. The first kappa shape index (κ1) is 21.0. The summed E-state index contributed by atoms with van der Waals surface area (Å²) in [6, 6.07) is 13.0. The van der Waals surface area contributed by atoms with E-state index < -0.39 is 5.92 Å². The Morgan fingerprint density at radius 1 is 1.23 bits per heavy atom. The van der Waals surface area contributed by atoms with E-state index in [4.69, 9.17) is 4.74 Å². The third-order valence-electron chi connectivity index (χ3n) is 5.25. The number of anilines is 2. The normalized spacial score (nSPS) is 15.9. The van der Waals surface area contributed by atoms with E-state index in [1.165, 1.54) is 23.5 Å². The van der Waals surface area contributed by atoms with Crippen LogP contribution in [-0.4, -0.2) is 30.5 Å². The number of aromatic nitrogens is 1. The third-order valence-corrected chi connectivity index (χ3v) is 6.07. The molecule has 0 saturated carbocycles. The molecular formula is C23H22FN3O3S. The molecule has 2 aromatic carbocycles. The highest BCUT2D eigenvalue weighted by Crippen LogP contribution is 2.30. The molecular weight excluding hydrogens is 417 g/mol. The quantitative estimate of drug-likeness (QED) is 0.578. The van der Waals surface area contributed by atoms with Crippen LogP contribution in [-0.2, 0) is 16.1 Å². The minimum Gasteiger partial charge on any atom is -0.497 e. The fourth-order valence-electron chi connectivity index (χ4n) is 3.67. The number of carbonyl (C=O) groups is 2. The van der Waals surface area contributed by atoms with Crippen LogP contribution < -0.4 is 14.5 Å². The molecule has 4 rings (SSSR count). The Morgan fingerprint density at radius 3 is 2.55 bits per heavy atom. The van der Waals surface area contributed by atoms with Crippen molar-refractivity contribution in [3.8, 4) is 5.75 Å². The van der Waals surface area contributed by atoms with Gasteiger partial charge < -0.3 is 14.5 Å². The first-order chi connectivity index (χ1) is 14.9. The molecule has 1 aliphatic heterocycles. The van der Waals surface area contributed by atoms with Gasteiger partial charge in [0, 0.05) is 29.7 Å². The molecule has 2 amide bonds. The SMILES string of the molecule is COc1ccc(N2CC(C(=O)N(Cc3csc(C)n3)c3ccc(F)cc3)CC2=O)cc1. The molecule has 2 heterocycles. The Labute approximate surface area is 183 Å². The zero-order valence-corrected chi connectivity index (χ0v) is 18.1. The van der Waals surface area contributed by atoms with Crippen LogP contribution in [0.4, 0.5) is 15.8 Å². The Bertz CT molecular complexity index is 1080. The minimum atomic E-state index is -0.501. The monoisotopic (exact) mass is 439 g/mol. The van der Waals surface area contributed by atoms with Crippen LogP contribution in [0.2, 0.25) is 0 Å². The predicted molar refractivity (Wildman–Crippen MR) is 118 cm³/mol. The number of hydrogen-bond acceptors (Lipinski definition) is 5. The second-order valence-corrected chi connectivity index (χ2v) is 8.42. The summed E-state index contributed by atoms with van der Waals surface area (Å²) < 4.78 is 18.6. The lowest BCUT2D eigenvalue weighted by molar-refractivity contribution is -0.124. The van der Waals surface area contributed by atoms with Crippen molar-refractivity contribution in [1.29, 1.82) is 0 Å². The minimum absolute atomic E-state index is 0.105. The largest absolute Gasteiger partial charge is 0.497 e. The summed E-state index contributed by atoms with van der Waals surface area (Å²) in [5.74, 6) is -0.459. The number of rotatable bonds is 6. The number of benzene rings is 2. The van der Waals surface area contributed by atoms with Crippen molar-refractivity contribution >= 4 is 34.5 Å². The highest BCUT2D eigenvalue weighted by molar-refractivity contribution is 7.09. The van der Waals surface area contributed by atoms with Crippen molar-refractivity contribution < 1.29 is 18.7 Å². The Morgan fingerprint density at radius 2 is 1.94 bits per heavy atom. The molecule has 0 spiro atoms. The lowest BCUT2D eigenvalue weighted by Gasteiger charge is -2.25. The average Bonchev–Trinajstić information content (AvgIpc) is 3.37. The highest BCUT2D eigenvalue weighted by Gasteiger charge is 2.37. The number of aryl methyl sites for hydroxylation is 1. The molecule has 1 unspecified atom stereocenters. The van der Waals surface area contributed by atoms with Gasteiger partial charge in [0.2, 0.25) is 11.8 Å². The molecule has 1 aliphatic rings. The Kier molecular flexibility index (Phi) is 5.99. The van der Waals surface area contributed by atoms with E-state index in [1.54, 1.807) is 53.3 Å². The fraction of sp³-hybridized carbons (Fsp3) is 0.261. The standard InChI is InChI=1S/C23H22FN3O3S/c1-15-25-18(14-31-15)13-27(20-5-3-17(24)4-6-20)23(29)16-11-22(28)26(12-16)19-7-9-21(30-2)10-8-19/h3-10,14,16H,11-13H2,1-2H3. The molecule has 1 saturated heterocycles. The number of ether oxygens (including phenoxy) is 1. The van der Waals surface area contributed by atoms with Gasteiger partial charge in [-0.15, -0.1) is 11.3 Å². The Hall–Kier alpha value is -3.26. The maximum Gasteiger partial charge on any atom is 0.232 e. The second kappa shape index (κ2) is 8.85. The molecule has 0 N–H and O–H groups in total. The third kappa shape index (κ3) is 4.59. The number of halogens is 1. The molecule has 1 aromatic heterocycles. The smallest absolute Gasteiger partial charge is 0.232 e. The highest BCUT2D eigenvalue weighted by atomic mass is 32.1. The number of carbonyl (C=O) groups excluding carboxylic acids is 2. The van der Waals surface area contributed by atoms with Crippen LogP contribution >= 0.6 is 11.3 Å². The van der Waals surface area contributed by atoms with Gasteiger partial charge in [0.25, 0.3) is 0 Å². The molecule has 8 heteroatoms. The average molecular weight is 440 g/mol. The van der Waals surface area contributed by atoms with E-state index in [0.717, 1.165) is 16.4 Å². The number of methoxy groups -OCH3 is 1. The zero-order valence-electron chi connectivity index (χ0n) is 17.2. The summed E-state index contributed by atoms with van der Waals surface area (Å²) in [7, 11) is 1.58. The maximum atomic E-state index is 13.5. The molecule has 3 aromatic rings. The summed E-state index contributed by atoms with van der Waals surface area (Å²) in [4.78, 5) is 33.8. The fourth-order valence-corrected chi connectivity index (χ4v) is 4.27. The number of thiazole rings is 1. The van der Waals surface area contributed by atoms with Gasteiger partial charge in [0.1, 0.15) is 11.6 Å². The number of amides is 2. The van der Waals surface area contributed by atoms with Crippen LogP contribution in [0.3, 0.4) is 0 Å². The summed E-state index contributed by atoms with van der Waals surface area (Å²) in [6.07, 6.45) is 0.124. The summed E-state index contributed by atoms with van der Waals surface area (Å²) in [6.45, 7) is 2.46. The summed E-state index contributed by atoms with van der Waals surface area (Å²) in [5, 5.41) is 2.81. The summed E-state index contributed by atoms with van der Waals surface area (Å²) in [5.41, 5.74) is 2.06. The lowest BCUT2D eigenvalue weighted by atomic mass is 10.1. The van der Waals surface area contributed by atoms with Gasteiger partial charge in [0.05, 0.1) is 30.3 Å². The van der Waals surface area contributed by atoms with Gasteiger partial charge in [-0.2, -0.15) is 0 Å². The predicted octanol–water partition coefficient (Wildman–Crippen LogP) is 4.19. The van der Waals surface area contributed by atoms with Crippen molar-refractivity contribution in [1.82, 2.24) is 4.98 Å². The van der Waals surface area contributed by atoms with Gasteiger partial charge >= 0.3 is 0 Å². The van der Waals surface area contributed by atoms with Crippen molar-refractivity contribution in [2.45, 2.75) is 19.9 Å². The van der Waals surface area contributed by atoms with E-state index >= 15 is 0 Å². The van der Waals surface area contributed by atoms with Gasteiger partial charge in [-0.05, 0) is 55.5 Å². The molecule has 160 valence electrons. The van der Waals surface area contributed by atoms with Crippen LogP contribution in [0.1, 0.15) is 17.1 Å². The van der Waals surface area contributed by atoms with E-state index in [0.29, 0.717) is 11.4 Å². The van der Waals surface area contributed by atoms with Gasteiger partial charge in [-0.3, -0.25) is 9.59 Å². The van der Waals surface area contributed by atoms with Gasteiger partial charge in [0.15, 0.2) is 0 Å². The number of nitrogens with zero attached hydrogens (tertiary/aromatic N) is 3. The molecule has 1 atom stereocenters. The van der Waals surface area contributed by atoms with Crippen LogP contribution in [0, 0.1) is 18.7 Å². The van der Waals surface area contributed by atoms with Gasteiger partial charge in [-0.25, -0.2) is 9.37 Å². The Balaban J connectivity index is 1.57. The van der Waals surface area contributed by atoms with Crippen LogP contribution in [0.5, 0.6) is 5.75 Å². The van der Waals surface area contributed by atoms with E-state index in [2.05, 4.69) is 4.98 Å². The van der Waals surface area contributed by atoms with E-state index in [-0.39, 0.29) is 37.1 Å². The molecule has 1 fully saturated rings. The van der Waals surface area contributed by atoms with Crippen molar-refractivity contribution in [3.05, 3.63) is 70.4 Å². The molecule has 0 aliphatic carbocycles. The molecule has 0 radical (unpaired) electrons. The van der Waals surface area contributed by atoms with Crippen molar-refractivity contribution in [2.24, 2.45) is 5.92 Å². The van der Waals surface area contributed by atoms with Crippen molar-refractivity contribution in [2.75, 3.05) is 23.5 Å². The van der Waals surface area contributed by atoms with E-state index in [1.807, 2.05) is 12.3 Å². The molecule has 31 heavy (non-hydrogen) atoms. The zero-order chi connectivity index (χ0) is 22.0. The maximum absolute atomic E-state index is 13.5. The van der Waals surface area contributed by atoms with E-state index in [9.17, 15) is 14.0 Å². The first-order valence-electron chi connectivity index (χ1n) is 9.87. The second-order valence-electron chi connectivity index (χ2n) is 7.36. The number of hydrogen-bond donors (Lipinski definition) is 0.